The van der Waals surface area contributed by atoms with Crippen LogP contribution in [0.25, 0.3) is 0 Å². The zero-order valence-corrected chi connectivity index (χ0v) is 12.6. The summed E-state index contributed by atoms with van der Waals surface area (Å²) in [5.74, 6) is 0.804. The molecule has 1 fully saturated rings. The van der Waals surface area contributed by atoms with Crippen molar-refractivity contribution in [2.45, 2.75) is 19.4 Å². The van der Waals surface area contributed by atoms with Gasteiger partial charge in [0.2, 0.25) is 0 Å². The standard InChI is InChI=1S/C13H18BrN3O2/c1-8-3-4-17(11(8)7-18)13(19)10-5-9(14)6-16-12(10)15-2/h5-6,8,11,18H,3-4,7H2,1-2H3,(H,15,16). The fourth-order valence-corrected chi connectivity index (χ4v) is 2.83. The molecule has 2 heterocycles. The molecule has 0 aliphatic carbocycles. The zero-order chi connectivity index (χ0) is 14.0. The molecule has 2 atom stereocenters. The normalized spacial score (nSPS) is 22.6. The number of pyridine rings is 1. The maximum absolute atomic E-state index is 12.6. The Kier molecular flexibility index (Phi) is 4.42. The van der Waals surface area contributed by atoms with Crippen LogP contribution in [0.5, 0.6) is 0 Å². The van der Waals surface area contributed by atoms with Gasteiger partial charge in [-0.2, -0.15) is 0 Å². The van der Waals surface area contributed by atoms with Crippen LogP contribution in [0, 0.1) is 5.92 Å². The minimum atomic E-state index is -0.101. The number of aliphatic hydroxyl groups excluding tert-OH is 1. The third-order valence-electron chi connectivity index (χ3n) is 3.65. The topological polar surface area (TPSA) is 65.5 Å². The summed E-state index contributed by atoms with van der Waals surface area (Å²) >= 11 is 3.34. The first-order chi connectivity index (χ1) is 9.08. The molecule has 0 radical (unpaired) electrons. The highest BCUT2D eigenvalue weighted by Crippen LogP contribution is 2.27. The number of carbonyl (C=O) groups is 1. The number of carbonyl (C=O) groups excluding carboxylic acids is 1. The number of hydrogen-bond donors (Lipinski definition) is 2. The summed E-state index contributed by atoms with van der Waals surface area (Å²) < 4.78 is 0.766. The Labute approximate surface area is 121 Å². The highest BCUT2D eigenvalue weighted by atomic mass is 79.9. The van der Waals surface area contributed by atoms with E-state index in [4.69, 9.17) is 0 Å². The molecule has 2 unspecified atom stereocenters. The Bertz CT molecular complexity index is 481. The molecule has 6 heteroatoms. The van der Waals surface area contributed by atoms with Gasteiger partial charge in [-0.1, -0.05) is 6.92 Å². The summed E-state index contributed by atoms with van der Waals surface area (Å²) in [6, 6.07) is 1.66. The van der Waals surface area contributed by atoms with Crippen molar-refractivity contribution in [1.29, 1.82) is 0 Å². The minimum absolute atomic E-state index is 0.00320. The van der Waals surface area contributed by atoms with E-state index in [9.17, 15) is 9.90 Å². The predicted octanol–water partition coefficient (Wildman–Crippen LogP) is 1.73. The molecule has 5 nitrogen and oxygen atoms in total. The van der Waals surface area contributed by atoms with E-state index < -0.39 is 0 Å². The van der Waals surface area contributed by atoms with E-state index in [2.05, 4.69) is 33.2 Å². The van der Waals surface area contributed by atoms with Crippen molar-refractivity contribution in [3.8, 4) is 0 Å². The Hall–Kier alpha value is -1.14. The summed E-state index contributed by atoms with van der Waals surface area (Å²) in [5, 5.41) is 12.4. The Balaban J connectivity index is 2.31. The molecule has 1 amide bonds. The maximum atomic E-state index is 12.6. The average molecular weight is 328 g/mol. The third kappa shape index (κ3) is 2.74. The van der Waals surface area contributed by atoms with Crippen LogP contribution < -0.4 is 5.32 Å². The summed E-state index contributed by atoms with van der Waals surface area (Å²) in [7, 11) is 1.74. The molecule has 1 aromatic rings. The van der Waals surface area contributed by atoms with Gasteiger partial charge >= 0.3 is 0 Å². The van der Waals surface area contributed by atoms with Crippen molar-refractivity contribution >= 4 is 27.7 Å². The molecule has 0 aromatic carbocycles. The first-order valence-corrected chi connectivity index (χ1v) is 7.13. The highest BCUT2D eigenvalue weighted by Gasteiger charge is 2.35. The second-order valence-corrected chi connectivity index (χ2v) is 5.73. The number of amides is 1. The van der Waals surface area contributed by atoms with Gasteiger partial charge in [0.15, 0.2) is 0 Å². The molecule has 1 aromatic heterocycles. The Morgan fingerprint density at radius 1 is 1.68 bits per heavy atom. The van der Waals surface area contributed by atoms with Gasteiger partial charge in [0.25, 0.3) is 5.91 Å². The number of halogens is 1. The first kappa shape index (κ1) is 14.3. The average Bonchev–Trinajstić information content (AvgIpc) is 2.78. The Morgan fingerprint density at radius 2 is 2.42 bits per heavy atom. The first-order valence-electron chi connectivity index (χ1n) is 6.33. The van der Waals surface area contributed by atoms with Gasteiger partial charge in [-0.15, -0.1) is 0 Å². The Morgan fingerprint density at radius 3 is 3.05 bits per heavy atom. The molecule has 19 heavy (non-hydrogen) atoms. The van der Waals surface area contributed by atoms with E-state index in [0.717, 1.165) is 10.9 Å². The second-order valence-electron chi connectivity index (χ2n) is 4.81. The number of aliphatic hydroxyl groups is 1. The molecular formula is C13H18BrN3O2. The largest absolute Gasteiger partial charge is 0.394 e. The number of anilines is 1. The van der Waals surface area contributed by atoms with E-state index in [1.54, 1.807) is 24.2 Å². The number of hydrogen-bond acceptors (Lipinski definition) is 4. The van der Waals surface area contributed by atoms with Crippen LogP contribution in [0.2, 0.25) is 0 Å². The number of nitrogens with zero attached hydrogens (tertiary/aromatic N) is 2. The lowest BCUT2D eigenvalue weighted by Gasteiger charge is -2.26. The predicted molar refractivity (Wildman–Crippen MR) is 77.2 cm³/mol. The van der Waals surface area contributed by atoms with Gasteiger partial charge in [0, 0.05) is 24.3 Å². The minimum Gasteiger partial charge on any atom is -0.394 e. The van der Waals surface area contributed by atoms with Crippen LogP contribution in [-0.2, 0) is 0 Å². The molecule has 1 aliphatic rings. The molecule has 0 spiro atoms. The lowest BCUT2D eigenvalue weighted by Crippen LogP contribution is -2.40. The SMILES string of the molecule is CNc1ncc(Br)cc1C(=O)N1CCC(C)C1CO. The van der Waals surface area contributed by atoms with Gasteiger partial charge in [-0.05, 0) is 34.3 Å². The fourth-order valence-electron chi connectivity index (χ4n) is 2.50. The van der Waals surface area contributed by atoms with Gasteiger partial charge in [-0.25, -0.2) is 4.98 Å². The van der Waals surface area contributed by atoms with Crippen LogP contribution in [0.4, 0.5) is 5.82 Å². The van der Waals surface area contributed by atoms with E-state index in [-0.39, 0.29) is 18.6 Å². The summed E-state index contributed by atoms with van der Waals surface area (Å²) in [5.41, 5.74) is 0.532. The quantitative estimate of drug-likeness (QED) is 0.887. The van der Waals surface area contributed by atoms with E-state index >= 15 is 0 Å². The van der Waals surface area contributed by atoms with Crippen molar-refractivity contribution < 1.29 is 9.90 Å². The van der Waals surface area contributed by atoms with Crippen molar-refractivity contribution in [1.82, 2.24) is 9.88 Å². The van der Waals surface area contributed by atoms with Crippen molar-refractivity contribution in [3.63, 3.8) is 0 Å². The molecular weight excluding hydrogens is 310 g/mol. The second kappa shape index (κ2) is 5.88. The van der Waals surface area contributed by atoms with E-state index in [0.29, 0.717) is 23.8 Å². The maximum Gasteiger partial charge on any atom is 0.257 e. The van der Waals surface area contributed by atoms with Crippen LogP contribution in [0.3, 0.4) is 0 Å². The molecule has 2 N–H and O–H groups in total. The third-order valence-corrected chi connectivity index (χ3v) is 4.09. The van der Waals surface area contributed by atoms with Crippen LogP contribution >= 0.6 is 15.9 Å². The van der Waals surface area contributed by atoms with Crippen LogP contribution in [-0.4, -0.2) is 47.1 Å². The molecule has 0 saturated carbocycles. The summed E-state index contributed by atoms with van der Waals surface area (Å²) in [6.45, 7) is 2.75. The van der Waals surface area contributed by atoms with Gasteiger partial charge in [0.1, 0.15) is 5.82 Å². The molecule has 1 saturated heterocycles. The number of likely N-dealkylation sites (tertiary alicyclic amines) is 1. The lowest BCUT2D eigenvalue weighted by atomic mass is 10.0. The molecule has 0 bridgehead atoms. The van der Waals surface area contributed by atoms with E-state index in [1.165, 1.54) is 0 Å². The van der Waals surface area contributed by atoms with Crippen molar-refractivity contribution in [2.24, 2.45) is 5.92 Å². The smallest absolute Gasteiger partial charge is 0.257 e. The summed E-state index contributed by atoms with van der Waals surface area (Å²) in [4.78, 5) is 18.5. The lowest BCUT2D eigenvalue weighted by molar-refractivity contribution is 0.0648. The van der Waals surface area contributed by atoms with Gasteiger partial charge < -0.3 is 15.3 Å². The molecule has 104 valence electrons. The molecule has 1 aliphatic heterocycles. The number of aromatic nitrogens is 1. The van der Waals surface area contributed by atoms with Crippen LogP contribution in [0.15, 0.2) is 16.7 Å². The van der Waals surface area contributed by atoms with Crippen LogP contribution in [0.1, 0.15) is 23.7 Å². The fraction of sp³-hybridized carbons (Fsp3) is 0.538. The molecule has 2 rings (SSSR count). The van der Waals surface area contributed by atoms with Crippen molar-refractivity contribution in [2.75, 3.05) is 25.5 Å². The zero-order valence-electron chi connectivity index (χ0n) is 11.1. The van der Waals surface area contributed by atoms with E-state index in [1.807, 2.05) is 0 Å². The van der Waals surface area contributed by atoms with Gasteiger partial charge in [0.05, 0.1) is 18.2 Å². The van der Waals surface area contributed by atoms with Crippen molar-refractivity contribution in [3.05, 3.63) is 22.3 Å². The number of rotatable bonds is 3. The summed E-state index contributed by atoms with van der Waals surface area (Å²) in [6.07, 6.45) is 2.58. The van der Waals surface area contributed by atoms with Gasteiger partial charge in [-0.3, -0.25) is 4.79 Å². The number of nitrogens with one attached hydrogen (secondary N) is 1. The monoisotopic (exact) mass is 327 g/mol. The highest BCUT2D eigenvalue weighted by molar-refractivity contribution is 9.10.